The molecule has 3 nitrogen and oxygen atoms in total. The van der Waals surface area contributed by atoms with Gasteiger partial charge in [-0.15, -0.1) is 0 Å². The number of nitrogens with zero attached hydrogens (tertiary/aromatic N) is 2. The van der Waals surface area contributed by atoms with Crippen molar-refractivity contribution in [2.45, 2.75) is 32.4 Å². The van der Waals surface area contributed by atoms with E-state index in [1.165, 1.54) is 12.8 Å². The average Bonchev–Trinajstić information content (AvgIpc) is 2.33. The third kappa shape index (κ3) is 3.15. The van der Waals surface area contributed by atoms with Crippen molar-refractivity contribution >= 4 is 23.2 Å². The molecule has 18 heavy (non-hydrogen) atoms. The number of hydrogen-bond donors (Lipinski definition) is 1. The van der Waals surface area contributed by atoms with E-state index in [0.717, 1.165) is 18.7 Å². The Kier molecular flexibility index (Phi) is 4.84. The fourth-order valence-corrected chi connectivity index (χ4v) is 3.09. The molecule has 0 saturated carbocycles. The molecule has 0 radical (unpaired) electrons. The maximum absolute atomic E-state index is 6.12. The number of aromatic nitrogens is 1. The van der Waals surface area contributed by atoms with E-state index >= 15 is 0 Å². The van der Waals surface area contributed by atoms with Gasteiger partial charge in [0.1, 0.15) is 10.3 Å². The highest BCUT2D eigenvalue weighted by Crippen LogP contribution is 2.26. The molecule has 0 amide bonds. The minimum atomic E-state index is 0.436. The van der Waals surface area contributed by atoms with E-state index in [1.807, 2.05) is 6.07 Å². The van der Waals surface area contributed by atoms with E-state index < -0.39 is 0 Å². The van der Waals surface area contributed by atoms with Crippen LogP contribution in [0.15, 0.2) is 12.1 Å². The van der Waals surface area contributed by atoms with Crippen molar-refractivity contribution in [1.82, 2.24) is 9.88 Å². The lowest BCUT2D eigenvalue weighted by Gasteiger charge is -2.39. The molecule has 1 aliphatic heterocycles. The van der Waals surface area contributed by atoms with Crippen LogP contribution in [0.3, 0.4) is 0 Å². The van der Waals surface area contributed by atoms with Gasteiger partial charge >= 0.3 is 0 Å². The van der Waals surface area contributed by atoms with Gasteiger partial charge < -0.3 is 5.73 Å². The van der Waals surface area contributed by atoms with Gasteiger partial charge in [0.15, 0.2) is 0 Å². The molecule has 100 valence electrons. The van der Waals surface area contributed by atoms with Gasteiger partial charge in [-0.3, -0.25) is 4.90 Å². The van der Waals surface area contributed by atoms with Gasteiger partial charge in [0.05, 0.1) is 0 Å². The van der Waals surface area contributed by atoms with Crippen LogP contribution >= 0.6 is 23.2 Å². The van der Waals surface area contributed by atoms with E-state index in [9.17, 15) is 0 Å². The van der Waals surface area contributed by atoms with Crippen LogP contribution in [-0.2, 0) is 6.54 Å². The summed E-state index contributed by atoms with van der Waals surface area (Å²) in [7, 11) is 0. The molecule has 0 aliphatic carbocycles. The minimum Gasteiger partial charge on any atom is -0.329 e. The highest BCUT2D eigenvalue weighted by Gasteiger charge is 2.27. The lowest BCUT2D eigenvalue weighted by Crippen LogP contribution is -2.48. The molecular weight excluding hydrogens is 269 g/mol. The molecule has 2 unspecified atom stereocenters. The molecule has 1 fully saturated rings. The summed E-state index contributed by atoms with van der Waals surface area (Å²) in [5, 5.41) is 0.933. The predicted molar refractivity (Wildman–Crippen MR) is 75.9 cm³/mol. The Morgan fingerprint density at radius 1 is 1.44 bits per heavy atom. The Bertz CT molecular complexity index is 411. The van der Waals surface area contributed by atoms with Crippen LogP contribution in [-0.4, -0.2) is 29.0 Å². The van der Waals surface area contributed by atoms with Crippen molar-refractivity contribution in [3.05, 3.63) is 28.0 Å². The Balaban J connectivity index is 2.11. The second-order valence-corrected chi connectivity index (χ2v) is 5.72. The number of likely N-dealkylation sites (tertiary alicyclic amines) is 1. The maximum Gasteiger partial charge on any atom is 0.135 e. The zero-order chi connectivity index (χ0) is 13.1. The van der Waals surface area contributed by atoms with Crippen LogP contribution in [0.2, 0.25) is 10.3 Å². The van der Waals surface area contributed by atoms with Crippen LogP contribution in [0.5, 0.6) is 0 Å². The summed E-state index contributed by atoms with van der Waals surface area (Å²) < 4.78 is 0. The summed E-state index contributed by atoms with van der Waals surface area (Å²) in [6.07, 6.45) is 2.47. The summed E-state index contributed by atoms with van der Waals surface area (Å²) in [4.78, 5) is 6.49. The highest BCUT2D eigenvalue weighted by molar-refractivity contribution is 6.32. The van der Waals surface area contributed by atoms with Crippen LogP contribution in [0.25, 0.3) is 0 Å². The molecule has 2 heterocycles. The second-order valence-electron chi connectivity index (χ2n) is 4.98. The van der Waals surface area contributed by atoms with Crippen molar-refractivity contribution in [3.63, 3.8) is 0 Å². The summed E-state index contributed by atoms with van der Waals surface area (Å²) >= 11 is 11.9. The van der Waals surface area contributed by atoms with Crippen LogP contribution in [0.1, 0.15) is 25.3 Å². The fourth-order valence-electron chi connectivity index (χ4n) is 2.69. The van der Waals surface area contributed by atoms with Gasteiger partial charge in [-0.25, -0.2) is 4.98 Å². The molecule has 2 rings (SSSR count). The first kappa shape index (κ1) is 14.1. The molecule has 1 aliphatic rings. The molecule has 0 spiro atoms. The number of halogens is 2. The summed E-state index contributed by atoms with van der Waals surface area (Å²) in [5.74, 6) is 0.641. The Morgan fingerprint density at radius 2 is 2.22 bits per heavy atom. The normalized spacial score (nSPS) is 25.3. The number of nitrogens with two attached hydrogens (primary N) is 1. The van der Waals surface area contributed by atoms with Gasteiger partial charge in [-0.1, -0.05) is 36.2 Å². The van der Waals surface area contributed by atoms with E-state index in [4.69, 9.17) is 28.9 Å². The largest absolute Gasteiger partial charge is 0.329 e. The first-order valence-electron chi connectivity index (χ1n) is 6.37. The molecule has 0 bridgehead atoms. The van der Waals surface area contributed by atoms with Crippen LogP contribution in [0, 0.1) is 5.92 Å². The monoisotopic (exact) mass is 287 g/mol. The molecule has 2 atom stereocenters. The zero-order valence-electron chi connectivity index (χ0n) is 10.6. The fraction of sp³-hybridized carbons (Fsp3) is 0.615. The summed E-state index contributed by atoms with van der Waals surface area (Å²) in [6.45, 7) is 4.84. The zero-order valence-corrected chi connectivity index (χ0v) is 12.1. The van der Waals surface area contributed by atoms with Crippen molar-refractivity contribution in [2.75, 3.05) is 13.1 Å². The third-order valence-corrected chi connectivity index (χ3v) is 4.28. The van der Waals surface area contributed by atoms with Crippen LogP contribution < -0.4 is 5.73 Å². The van der Waals surface area contributed by atoms with E-state index in [-0.39, 0.29) is 0 Å². The first-order chi connectivity index (χ1) is 8.61. The summed E-state index contributed by atoms with van der Waals surface area (Å²) in [5.41, 5.74) is 6.91. The van der Waals surface area contributed by atoms with Crippen molar-refractivity contribution in [1.29, 1.82) is 0 Å². The number of piperidine rings is 1. The maximum atomic E-state index is 6.12. The topological polar surface area (TPSA) is 42.2 Å². The third-order valence-electron chi connectivity index (χ3n) is 3.74. The number of hydrogen-bond acceptors (Lipinski definition) is 3. The smallest absolute Gasteiger partial charge is 0.135 e. The number of pyridine rings is 1. The molecule has 1 aromatic rings. The Labute approximate surface area is 118 Å². The molecule has 1 aromatic heterocycles. The van der Waals surface area contributed by atoms with Gasteiger partial charge in [0.2, 0.25) is 0 Å². The van der Waals surface area contributed by atoms with Crippen LogP contribution in [0.4, 0.5) is 0 Å². The Hall–Kier alpha value is -0.350. The SMILES string of the molecule is CC1CCCN(Cc2ccc(Cl)nc2Cl)C1CN. The van der Waals surface area contributed by atoms with Crippen molar-refractivity contribution < 1.29 is 0 Å². The lowest BCUT2D eigenvalue weighted by atomic mass is 9.90. The molecule has 2 N–H and O–H groups in total. The molecular formula is C13H19Cl2N3. The standard InChI is InChI=1S/C13H19Cl2N3/c1-9-3-2-6-18(11(9)7-16)8-10-4-5-12(14)17-13(10)15/h4-5,9,11H,2-3,6-8,16H2,1H3. The van der Waals surface area contributed by atoms with E-state index in [2.05, 4.69) is 16.8 Å². The van der Waals surface area contributed by atoms with Gasteiger partial charge in [0.25, 0.3) is 0 Å². The molecule has 1 saturated heterocycles. The minimum absolute atomic E-state index is 0.436. The summed E-state index contributed by atoms with van der Waals surface area (Å²) in [6, 6.07) is 4.17. The van der Waals surface area contributed by atoms with Gasteiger partial charge in [-0.2, -0.15) is 0 Å². The van der Waals surface area contributed by atoms with Gasteiger partial charge in [-0.05, 0) is 31.4 Å². The quantitative estimate of drug-likeness (QED) is 0.869. The predicted octanol–water partition coefficient (Wildman–Crippen LogP) is 2.95. The van der Waals surface area contributed by atoms with Crippen molar-refractivity contribution in [2.24, 2.45) is 11.7 Å². The number of rotatable bonds is 3. The van der Waals surface area contributed by atoms with Crippen molar-refractivity contribution in [3.8, 4) is 0 Å². The van der Waals surface area contributed by atoms with E-state index in [1.54, 1.807) is 6.07 Å². The first-order valence-corrected chi connectivity index (χ1v) is 7.12. The average molecular weight is 288 g/mol. The second kappa shape index (κ2) is 6.20. The van der Waals surface area contributed by atoms with E-state index in [0.29, 0.717) is 28.8 Å². The molecule has 0 aromatic carbocycles. The Morgan fingerprint density at radius 3 is 2.89 bits per heavy atom. The van der Waals surface area contributed by atoms with Gasteiger partial charge in [0, 0.05) is 24.7 Å². The highest BCUT2D eigenvalue weighted by atomic mass is 35.5. The lowest BCUT2D eigenvalue weighted by molar-refractivity contribution is 0.0990. The molecule has 5 heteroatoms.